The Kier molecular flexibility index (Phi) is 3.20. The highest BCUT2D eigenvalue weighted by Gasteiger charge is 2.04. The van der Waals surface area contributed by atoms with Crippen LogP contribution >= 0.6 is 0 Å². The highest BCUT2D eigenvalue weighted by Crippen LogP contribution is 2.19. The molecule has 0 amide bonds. The number of anilines is 1. The van der Waals surface area contributed by atoms with E-state index < -0.39 is 0 Å². The average molecular weight is 268 g/mol. The van der Waals surface area contributed by atoms with Crippen molar-refractivity contribution in [2.75, 3.05) is 5.32 Å². The number of benzene rings is 1. The van der Waals surface area contributed by atoms with Crippen LogP contribution in [0.3, 0.4) is 0 Å². The summed E-state index contributed by atoms with van der Waals surface area (Å²) in [5.74, 6) is 2.45. The van der Waals surface area contributed by atoms with Crippen molar-refractivity contribution in [3.8, 4) is 11.4 Å². The van der Waals surface area contributed by atoms with E-state index in [2.05, 4.69) is 30.5 Å². The molecule has 0 spiro atoms. The molecule has 0 atom stereocenters. The molecule has 0 saturated carbocycles. The molecule has 1 aromatic carbocycles. The Bertz CT molecular complexity index is 712. The molecule has 0 fully saturated rings. The molecule has 3 aromatic rings. The van der Waals surface area contributed by atoms with Gasteiger partial charge in [0.15, 0.2) is 5.82 Å². The van der Waals surface area contributed by atoms with E-state index in [4.69, 9.17) is 0 Å². The van der Waals surface area contributed by atoms with Crippen molar-refractivity contribution in [3.05, 3.63) is 47.8 Å². The van der Waals surface area contributed by atoms with E-state index in [1.165, 1.54) is 0 Å². The van der Waals surface area contributed by atoms with E-state index in [1.807, 2.05) is 44.3 Å². The number of rotatable bonds is 4. The third kappa shape index (κ3) is 2.69. The number of H-pyrrole nitrogens is 2. The lowest BCUT2D eigenvalue weighted by molar-refractivity contribution is 1.04. The van der Waals surface area contributed by atoms with E-state index in [0.29, 0.717) is 12.4 Å². The first-order valence-electron chi connectivity index (χ1n) is 6.44. The van der Waals surface area contributed by atoms with E-state index >= 15 is 0 Å². The number of aromatic nitrogens is 5. The molecule has 2 aromatic heterocycles. The fourth-order valence-corrected chi connectivity index (χ4v) is 2.00. The zero-order valence-corrected chi connectivity index (χ0v) is 11.4. The van der Waals surface area contributed by atoms with Crippen molar-refractivity contribution in [2.24, 2.45) is 0 Å². The summed E-state index contributed by atoms with van der Waals surface area (Å²) in [6.45, 7) is 4.53. The molecule has 3 rings (SSSR count). The van der Waals surface area contributed by atoms with Gasteiger partial charge in [-0.15, -0.1) is 0 Å². The fraction of sp³-hybridized carbons (Fsp3) is 0.214. The minimum atomic E-state index is 0.706. The molecule has 0 unspecified atom stereocenters. The van der Waals surface area contributed by atoms with Crippen LogP contribution in [0.1, 0.15) is 17.3 Å². The smallest absolute Gasteiger partial charge is 0.181 e. The molecule has 0 bridgehead atoms. The highest BCUT2D eigenvalue weighted by atomic mass is 15.2. The van der Waals surface area contributed by atoms with Gasteiger partial charge in [-0.1, -0.05) is 12.1 Å². The predicted octanol–water partition coefficient (Wildman–Crippen LogP) is 2.42. The zero-order valence-electron chi connectivity index (χ0n) is 11.4. The van der Waals surface area contributed by atoms with Gasteiger partial charge in [-0.25, -0.2) is 9.97 Å². The second kappa shape index (κ2) is 5.16. The van der Waals surface area contributed by atoms with Crippen LogP contribution in [0, 0.1) is 13.8 Å². The Morgan fingerprint density at radius 2 is 2.10 bits per heavy atom. The summed E-state index contributed by atoms with van der Waals surface area (Å²) in [6.07, 6.45) is 1.84. The van der Waals surface area contributed by atoms with Gasteiger partial charge in [0.2, 0.25) is 0 Å². The van der Waals surface area contributed by atoms with E-state index in [0.717, 1.165) is 28.6 Å². The number of imidazole rings is 1. The Morgan fingerprint density at radius 1 is 1.20 bits per heavy atom. The summed E-state index contributed by atoms with van der Waals surface area (Å²) in [7, 11) is 0. The number of hydrogen-bond acceptors (Lipinski definition) is 4. The Hall–Kier alpha value is -2.63. The summed E-state index contributed by atoms with van der Waals surface area (Å²) in [5.41, 5.74) is 3.07. The lowest BCUT2D eigenvalue weighted by Gasteiger charge is -2.05. The Labute approximate surface area is 116 Å². The zero-order chi connectivity index (χ0) is 13.9. The van der Waals surface area contributed by atoms with E-state index in [9.17, 15) is 0 Å². The first-order chi connectivity index (χ1) is 9.70. The largest absolute Gasteiger partial charge is 0.379 e. The maximum Gasteiger partial charge on any atom is 0.181 e. The molecule has 0 saturated heterocycles. The van der Waals surface area contributed by atoms with Crippen molar-refractivity contribution in [3.63, 3.8) is 0 Å². The quantitative estimate of drug-likeness (QED) is 0.678. The Morgan fingerprint density at radius 3 is 2.80 bits per heavy atom. The summed E-state index contributed by atoms with van der Waals surface area (Å²) in [6, 6.07) is 8.04. The summed E-state index contributed by atoms with van der Waals surface area (Å²) in [5, 5.41) is 10.4. The lowest BCUT2D eigenvalue weighted by atomic mass is 10.2. The minimum Gasteiger partial charge on any atom is -0.379 e. The van der Waals surface area contributed by atoms with Crippen molar-refractivity contribution in [1.29, 1.82) is 0 Å². The van der Waals surface area contributed by atoms with Gasteiger partial charge in [-0.3, -0.25) is 5.10 Å². The SMILES string of the molecule is Cc1nc(-c2cccc(NCc3cnc(C)[nH]3)c2)n[nH]1. The molecule has 6 heteroatoms. The number of nitrogens with zero attached hydrogens (tertiary/aromatic N) is 3. The van der Waals surface area contributed by atoms with Crippen molar-refractivity contribution in [2.45, 2.75) is 20.4 Å². The minimum absolute atomic E-state index is 0.706. The maximum atomic E-state index is 4.33. The third-order valence-electron chi connectivity index (χ3n) is 2.96. The van der Waals surface area contributed by atoms with Gasteiger partial charge in [0.25, 0.3) is 0 Å². The third-order valence-corrected chi connectivity index (χ3v) is 2.96. The molecule has 2 heterocycles. The van der Waals surface area contributed by atoms with Crippen LogP contribution < -0.4 is 5.32 Å². The van der Waals surface area contributed by atoms with Gasteiger partial charge in [0.05, 0.1) is 18.4 Å². The molecule has 0 aliphatic rings. The predicted molar refractivity (Wildman–Crippen MR) is 77.2 cm³/mol. The van der Waals surface area contributed by atoms with Gasteiger partial charge in [0.1, 0.15) is 11.6 Å². The molecule has 3 N–H and O–H groups in total. The van der Waals surface area contributed by atoms with Crippen LogP contribution in [0.15, 0.2) is 30.5 Å². The van der Waals surface area contributed by atoms with Crippen molar-refractivity contribution in [1.82, 2.24) is 25.1 Å². The number of aromatic amines is 2. The highest BCUT2D eigenvalue weighted by molar-refractivity contribution is 5.62. The molecule has 0 aliphatic heterocycles. The average Bonchev–Trinajstić information content (AvgIpc) is 3.06. The Balaban J connectivity index is 1.74. The van der Waals surface area contributed by atoms with Crippen LogP contribution in [-0.4, -0.2) is 25.1 Å². The van der Waals surface area contributed by atoms with E-state index in [-0.39, 0.29) is 0 Å². The van der Waals surface area contributed by atoms with Crippen LogP contribution in [-0.2, 0) is 6.54 Å². The first kappa shape index (κ1) is 12.4. The maximum absolute atomic E-state index is 4.33. The second-order valence-electron chi connectivity index (χ2n) is 4.67. The fourth-order valence-electron chi connectivity index (χ4n) is 2.00. The van der Waals surface area contributed by atoms with Crippen molar-refractivity contribution >= 4 is 5.69 Å². The number of hydrogen-bond donors (Lipinski definition) is 3. The van der Waals surface area contributed by atoms with Gasteiger partial charge in [-0.2, -0.15) is 5.10 Å². The van der Waals surface area contributed by atoms with Crippen LogP contribution in [0.4, 0.5) is 5.69 Å². The normalized spacial score (nSPS) is 10.7. The summed E-state index contributed by atoms with van der Waals surface area (Å²) >= 11 is 0. The van der Waals surface area contributed by atoms with Gasteiger partial charge >= 0.3 is 0 Å². The molecule has 20 heavy (non-hydrogen) atoms. The van der Waals surface area contributed by atoms with Gasteiger partial charge in [0, 0.05) is 11.3 Å². The van der Waals surface area contributed by atoms with Crippen LogP contribution in [0.5, 0.6) is 0 Å². The second-order valence-corrected chi connectivity index (χ2v) is 4.67. The molecule has 102 valence electrons. The van der Waals surface area contributed by atoms with Gasteiger partial charge < -0.3 is 10.3 Å². The monoisotopic (exact) mass is 268 g/mol. The first-order valence-corrected chi connectivity index (χ1v) is 6.44. The molecular formula is C14H16N6. The molecular weight excluding hydrogens is 252 g/mol. The summed E-state index contributed by atoms with van der Waals surface area (Å²) < 4.78 is 0. The van der Waals surface area contributed by atoms with Crippen LogP contribution in [0.2, 0.25) is 0 Å². The number of nitrogens with one attached hydrogen (secondary N) is 3. The van der Waals surface area contributed by atoms with Gasteiger partial charge in [-0.05, 0) is 26.0 Å². The van der Waals surface area contributed by atoms with Crippen LogP contribution in [0.25, 0.3) is 11.4 Å². The van der Waals surface area contributed by atoms with Crippen molar-refractivity contribution < 1.29 is 0 Å². The standard InChI is InChI=1S/C14H16N6/c1-9-15-7-13(17-9)8-16-12-5-3-4-11(6-12)14-18-10(2)19-20-14/h3-7,16H,8H2,1-2H3,(H,15,17)(H,18,19,20). The molecule has 6 nitrogen and oxygen atoms in total. The molecule has 0 aliphatic carbocycles. The van der Waals surface area contributed by atoms with E-state index in [1.54, 1.807) is 0 Å². The summed E-state index contributed by atoms with van der Waals surface area (Å²) in [4.78, 5) is 11.7. The lowest BCUT2D eigenvalue weighted by Crippen LogP contribution is -1.99. The number of aryl methyl sites for hydroxylation is 2. The topological polar surface area (TPSA) is 82.3 Å². The molecule has 0 radical (unpaired) electrons.